The second kappa shape index (κ2) is 10.9. The average Bonchev–Trinajstić information content (AvgIpc) is 2.87. The Balaban J connectivity index is 1.60. The fourth-order valence-electron chi connectivity index (χ4n) is 3.21. The van der Waals surface area contributed by atoms with Gasteiger partial charge in [0.1, 0.15) is 0 Å². The van der Waals surface area contributed by atoms with E-state index in [1.165, 1.54) is 48.7 Å². The first-order valence-corrected chi connectivity index (χ1v) is 11.1. The molecule has 0 amide bonds. The largest absolute Gasteiger partial charge is 0.502 e. The SMILES string of the molecule is Cc1ccc(Nc2nc(NN=Cc3ccc(O)c([N+](=O)[O-])c3)nc(Nc3ccc([N+](=O)[O-])cc3)n2)cc1C. The van der Waals surface area contributed by atoms with Gasteiger partial charge in [-0.25, -0.2) is 5.43 Å². The summed E-state index contributed by atoms with van der Waals surface area (Å²) in [6.07, 6.45) is 1.30. The second-order valence-corrected chi connectivity index (χ2v) is 8.03. The molecule has 4 aromatic rings. The number of phenolic OH excluding ortho intramolecular Hbond substituents is 1. The minimum absolute atomic E-state index is 0.0419. The van der Waals surface area contributed by atoms with Crippen molar-refractivity contribution in [3.8, 4) is 5.75 Å². The Morgan fingerprint density at radius 3 is 2.05 bits per heavy atom. The molecule has 0 saturated heterocycles. The predicted molar refractivity (Wildman–Crippen MR) is 141 cm³/mol. The summed E-state index contributed by atoms with van der Waals surface area (Å²) < 4.78 is 0. The first-order valence-electron chi connectivity index (χ1n) is 11.1. The number of nitro benzene ring substituents is 2. The summed E-state index contributed by atoms with van der Waals surface area (Å²) in [6, 6.07) is 15.3. The number of aromatic hydroxyl groups is 1. The van der Waals surface area contributed by atoms with Crippen molar-refractivity contribution in [3.63, 3.8) is 0 Å². The van der Waals surface area contributed by atoms with Crippen LogP contribution in [0.3, 0.4) is 0 Å². The molecule has 0 spiro atoms. The number of nitro groups is 2. The number of nitrogens with zero attached hydrogens (tertiary/aromatic N) is 6. The molecule has 0 radical (unpaired) electrons. The topological polar surface area (TPSA) is 194 Å². The van der Waals surface area contributed by atoms with Crippen molar-refractivity contribution in [1.82, 2.24) is 15.0 Å². The van der Waals surface area contributed by atoms with E-state index in [9.17, 15) is 25.3 Å². The van der Waals surface area contributed by atoms with Crippen LogP contribution >= 0.6 is 0 Å². The molecule has 0 bridgehead atoms. The smallest absolute Gasteiger partial charge is 0.311 e. The van der Waals surface area contributed by atoms with E-state index in [-0.39, 0.29) is 23.5 Å². The van der Waals surface area contributed by atoms with Crippen molar-refractivity contribution in [2.45, 2.75) is 13.8 Å². The lowest BCUT2D eigenvalue weighted by molar-refractivity contribution is -0.385. The third kappa shape index (κ3) is 6.31. The summed E-state index contributed by atoms with van der Waals surface area (Å²) in [5, 5.41) is 41.7. The number of aromatic nitrogens is 3. The Morgan fingerprint density at radius 2 is 1.42 bits per heavy atom. The zero-order valence-electron chi connectivity index (χ0n) is 20.1. The zero-order chi connectivity index (χ0) is 27.2. The predicted octanol–water partition coefficient (Wildman–Crippen LogP) is 4.94. The van der Waals surface area contributed by atoms with Crippen LogP contribution < -0.4 is 16.1 Å². The van der Waals surface area contributed by atoms with Crippen LogP contribution in [-0.2, 0) is 0 Å². The van der Waals surface area contributed by atoms with Crippen molar-refractivity contribution in [2.75, 3.05) is 16.1 Å². The van der Waals surface area contributed by atoms with Crippen LogP contribution in [0.4, 0.5) is 40.6 Å². The van der Waals surface area contributed by atoms with E-state index in [0.29, 0.717) is 11.3 Å². The third-order valence-corrected chi connectivity index (χ3v) is 5.31. The number of hydrazone groups is 1. The summed E-state index contributed by atoms with van der Waals surface area (Å²) in [5.41, 5.74) is 5.94. The summed E-state index contributed by atoms with van der Waals surface area (Å²) >= 11 is 0. The van der Waals surface area contributed by atoms with Crippen LogP contribution in [0.25, 0.3) is 0 Å². The molecule has 4 rings (SSSR count). The fourth-order valence-corrected chi connectivity index (χ4v) is 3.21. The summed E-state index contributed by atoms with van der Waals surface area (Å²) in [5.74, 6) is -0.106. The lowest BCUT2D eigenvalue weighted by Gasteiger charge is -2.11. The molecular weight excluding hydrogens is 494 g/mol. The molecule has 0 aliphatic carbocycles. The molecular formula is C24H21N9O5. The molecule has 0 aliphatic rings. The van der Waals surface area contributed by atoms with Crippen LogP contribution in [0.15, 0.2) is 65.8 Å². The lowest BCUT2D eigenvalue weighted by atomic mass is 10.1. The van der Waals surface area contributed by atoms with Crippen LogP contribution in [0.1, 0.15) is 16.7 Å². The maximum absolute atomic E-state index is 11.0. The molecule has 0 saturated carbocycles. The van der Waals surface area contributed by atoms with E-state index in [2.05, 4.69) is 36.1 Å². The van der Waals surface area contributed by atoms with E-state index in [1.54, 1.807) is 0 Å². The summed E-state index contributed by atoms with van der Waals surface area (Å²) in [4.78, 5) is 33.7. The molecule has 192 valence electrons. The third-order valence-electron chi connectivity index (χ3n) is 5.31. The van der Waals surface area contributed by atoms with Gasteiger partial charge in [0.2, 0.25) is 17.8 Å². The second-order valence-electron chi connectivity index (χ2n) is 8.03. The highest BCUT2D eigenvalue weighted by Crippen LogP contribution is 2.26. The number of benzene rings is 3. The van der Waals surface area contributed by atoms with Gasteiger partial charge in [0, 0.05) is 35.1 Å². The van der Waals surface area contributed by atoms with Gasteiger partial charge < -0.3 is 15.7 Å². The number of aryl methyl sites for hydroxylation is 2. The standard InChI is InChI=1S/C24H21N9O5/c1-14-3-5-18(11-15(14)2)27-23-28-22(26-17-6-8-19(9-7-17)32(35)36)29-24(30-23)31-25-13-16-4-10-21(34)20(12-16)33(37)38/h3-13,34H,1-2H3,(H3,26,27,28,29,30,31). The van der Waals surface area contributed by atoms with Gasteiger partial charge >= 0.3 is 5.69 Å². The quantitative estimate of drug-likeness (QED) is 0.134. The van der Waals surface area contributed by atoms with Gasteiger partial charge in [-0.2, -0.15) is 20.1 Å². The maximum atomic E-state index is 11.0. The Labute approximate surface area is 215 Å². The van der Waals surface area contributed by atoms with Gasteiger partial charge in [-0.05, 0) is 61.4 Å². The number of phenols is 1. The highest BCUT2D eigenvalue weighted by molar-refractivity contribution is 5.82. The first kappa shape index (κ1) is 25.4. The van der Waals surface area contributed by atoms with Crippen LogP contribution in [0.2, 0.25) is 0 Å². The zero-order valence-corrected chi connectivity index (χ0v) is 20.1. The molecule has 0 atom stereocenters. The van der Waals surface area contributed by atoms with Crippen LogP contribution in [0.5, 0.6) is 5.75 Å². The first-order chi connectivity index (χ1) is 18.2. The molecule has 3 aromatic carbocycles. The van der Waals surface area contributed by atoms with Gasteiger partial charge in [0.15, 0.2) is 5.75 Å². The normalized spacial score (nSPS) is 10.8. The van der Waals surface area contributed by atoms with E-state index in [0.717, 1.165) is 16.8 Å². The molecule has 38 heavy (non-hydrogen) atoms. The van der Waals surface area contributed by atoms with E-state index >= 15 is 0 Å². The molecule has 1 heterocycles. The van der Waals surface area contributed by atoms with Gasteiger partial charge in [0.05, 0.1) is 16.1 Å². The molecule has 14 nitrogen and oxygen atoms in total. The number of hydrogen-bond donors (Lipinski definition) is 4. The van der Waals surface area contributed by atoms with Crippen molar-refractivity contribution < 1.29 is 15.0 Å². The van der Waals surface area contributed by atoms with Gasteiger partial charge in [-0.1, -0.05) is 6.07 Å². The van der Waals surface area contributed by atoms with E-state index in [1.807, 2.05) is 32.0 Å². The number of hydrogen-bond acceptors (Lipinski definition) is 12. The Morgan fingerprint density at radius 1 is 0.789 bits per heavy atom. The molecule has 0 unspecified atom stereocenters. The number of anilines is 5. The van der Waals surface area contributed by atoms with E-state index < -0.39 is 21.3 Å². The highest BCUT2D eigenvalue weighted by atomic mass is 16.6. The van der Waals surface area contributed by atoms with Crippen molar-refractivity contribution in [2.24, 2.45) is 5.10 Å². The minimum Gasteiger partial charge on any atom is -0.502 e. The Hall–Kier alpha value is -5.66. The van der Waals surface area contributed by atoms with Gasteiger partial charge in [0.25, 0.3) is 5.69 Å². The van der Waals surface area contributed by atoms with E-state index in [4.69, 9.17) is 0 Å². The Bertz CT molecular complexity index is 1540. The monoisotopic (exact) mass is 515 g/mol. The van der Waals surface area contributed by atoms with Crippen LogP contribution in [-0.4, -0.2) is 36.1 Å². The fraction of sp³-hybridized carbons (Fsp3) is 0.0833. The highest BCUT2D eigenvalue weighted by Gasteiger charge is 2.13. The van der Waals surface area contributed by atoms with Gasteiger partial charge in [-0.15, -0.1) is 0 Å². The van der Waals surface area contributed by atoms with Crippen LogP contribution in [0, 0.1) is 34.1 Å². The van der Waals surface area contributed by atoms with Crippen molar-refractivity contribution in [1.29, 1.82) is 0 Å². The molecule has 14 heteroatoms. The number of nitrogens with one attached hydrogen (secondary N) is 3. The molecule has 1 aromatic heterocycles. The number of rotatable bonds is 9. The minimum atomic E-state index is -0.701. The van der Waals surface area contributed by atoms with Gasteiger partial charge in [-0.3, -0.25) is 20.2 Å². The Kier molecular flexibility index (Phi) is 7.33. The summed E-state index contributed by atoms with van der Waals surface area (Å²) in [7, 11) is 0. The molecule has 4 N–H and O–H groups in total. The maximum Gasteiger partial charge on any atom is 0.311 e. The van der Waals surface area contributed by atoms with Crippen molar-refractivity contribution >= 4 is 46.8 Å². The lowest BCUT2D eigenvalue weighted by Crippen LogP contribution is -2.07. The molecule has 0 fully saturated rings. The molecule has 0 aliphatic heterocycles. The van der Waals surface area contributed by atoms with Crippen molar-refractivity contribution in [3.05, 3.63) is 97.6 Å². The summed E-state index contributed by atoms with van der Waals surface area (Å²) in [6.45, 7) is 3.97. The number of non-ortho nitro benzene ring substituents is 1. The average molecular weight is 515 g/mol.